The van der Waals surface area contributed by atoms with E-state index in [1.807, 2.05) is 6.08 Å². The zero-order valence-electron chi connectivity index (χ0n) is 54.9. The van der Waals surface area contributed by atoms with Gasteiger partial charge in [0.15, 0.2) is 12.4 Å². The molecular weight excluding hydrogens is 1070 g/mol. The van der Waals surface area contributed by atoms with E-state index in [2.05, 4.69) is 123 Å². The number of amides is 1. The van der Waals surface area contributed by atoms with Crippen molar-refractivity contribution >= 4 is 11.9 Å². The fourth-order valence-electron chi connectivity index (χ4n) is 10.4. The third kappa shape index (κ3) is 48.3. The molecule has 494 valence electrons. The van der Waals surface area contributed by atoms with Crippen molar-refractivity contribution in [3.8, 4) is 0 Å². The molecule has 1 rings (SSSR count). The molecule has 1 amide bonds. The van der Waals surface area contributed by atoms with Gasteiger partial charge in [-0.05, 0) is 109 Å². The number of carbonyl (C=O) groups is 2. The molecule has 0 radical (unpaired) electrons. The smallest absolute Gasteiger partial charge is 0.306 e. The fraction of sp³-hybridized carbons (Fsp3) is 0.733. The van der Waals surface area contributed by atoms with Crippen LogP contribution in [-0.4, -0.2) is 99.6 Å². The molecule has 11 heteroatoms. The Kier molecular flexibility index (Phi) is 57.5. The molecule has 0 saturated carbocycles. The van der Waals surface area contributed by atoms with Crippen LogP contribution in [0.5, 0.6) is 0 Å². The van der Waals surface area contributed by atoms with Crippen LogP contribution in [0.1, 0.15) is 290 Å². The lowest BCUT2D eigenvalue weighted by molar-refractivity contribution is -0.305. The third-order valence-corrected chi connectivity index (χ3v) is 15.9. The summed E-state index contributed by atoms with van der Waals surface area (Å²) in [6.07, 6.45) is 74.1. The summed E-state index contributed by atoms with van der Waals surface area (Å²) in [4.78, 5) is 26.7. The molecule has 86 heavy (non-hydrogen) atoms. The number of aliphatic hydroxyl groups is 5. The minimum Gasteiger partial charge on any atom is -0.454 e. The SMILES string of the molecule is CC/C=C\C/C=C\C/C=C\C/C=C\C/C=C\CCCCCCCCCCCCCC(=O)OC1C(OCC(NC(=O)C(O)CCCCCCC/C=C\C/C=C\C/C=C\CCCCC)C(O)/C=C/CCCCCCCCCCCC)OC(CO)C(O)C1O. The highest BCUT2D eigenvalue weighted by Gasteiger charge is 2.47. The average molecular weight is 1200 g/mol. The van der Waals surface area contributed by atoms with E-state index in [0.29, 0.717) is 12.8 Å². The van der Waals surface area contributed by atoms with Crippen LogP contribution in [0.15, 0.2) is 109 Å². The number of allylic oxidation sites excluding steroid dienone is 17. The Bertz CT molecular complexity index is 1820. The van der Waals surface area contributed by atoms with E-state index < -0.39 is 67.4 Å². The highest BCUT2D eigenvalue weighted by molar-refractivity contribution is 5.80. The maximum Gasteiger partial charge on any atom is 0.306 e. The maximum atomic E-state index is 13.5. The molecule has 0 aliphatic carbocycles. The predicted octanol–water partition coefficient (Wildman–Crippen LogP) is 18.0. The summed E-state index contributed by atoms with van der Waals surface area (Å²) in [5.74, 6) is -1.21. The summed E-state index contributed by atoms with van der Waals surface area (Å²) < 4.78 is 17.7. The van der Waals surface area contributed by atoms with Gasteiger partial charge in [0.1, 0.15) is 24.4 Å². The fourth-order valence-corrected chi connectivity index (χ4v) is 10.4. The first-order valence-corrected chi connectivity index (χ1v) is 35.2. The summed E-state index contributed by atoms with van der Waals surface area (Å²) in [5, 5.41) is 57.2. The molecule has 1 aliphatic rings. The number of ether oxygens (including phenoxy) is 3. The molecule has 8 atom stereocenters. The van der Waals surface area contributed by atoms with Gasteiger partial charge in [-0.3, -0.25) is 9.59 Å². The second-order valence-corrected chi connectivity index (χ2v) is 23.9. The first kappa shape index (κ1) is 80.3. The number of hydrogen-bond donors (Lipinski definition) is 6. The Labute approximate surface area is 526 Å². The zero-order chi connectivity index (χ0) is 62.4. The van der Waals surface area contributed by atoms with Crippen LogP contribution in [0.25, 0.3) is 0 Å². The number of unbranched alkanes of at least 4 members (excludes halogenated alkanes) is 29. The van der Waals surface area contributed by atoms with Gasteiger partial charge in [-0.15, -0.1) is 0 Å². The summed E-state index contributed by atoms with van der Waals surface area (Å²) in [7, 11) is 0. The second-order valence-electron chi connectivity index (χ2n) is 23.9. The highest BCUT2D eigenvalue weighted by Crippen LogP contribution is 2.26. The van der Waals surface area contributed by atoms with Crippen molar-refractivity contribution in [3.63, 3.8) is 0 Å². The molecule has 11 nitrogen and oxygen atoms in total. The van der Waals surface area contributed by atoms with Gasteiger partial charge in [-0.2, -0.15) is 0 Å². The van der Waals surface area contributed by atoms with Crippen molar-refractivity contribution in [2.24, 2.45) is 0 Å². The average Bonchev–Trinajstić information content (AvgIpc) is 2.65. The standard InChI is InChI=1S/C75H129NO10/c1-4-7-10-13-16-19-22-25-27-29-31-32-33-34-35-36-37-38-39-41-43-45-48-51-54-57-60-63-70(80)86-73-72(82)71(81)69(64-77)85-75(73)84-65-66(67(78)61-58-55-52-49-46-24-21-18-15-12-9-6-3)76-74(83)68(79)62-59-56-53-50-47-44-42-40-30-28-26-23-20-17-14-11-8-5-2/h7,10,16-17,19-20,25-28,31-32,34-35,40,42,58,61,66-69,71-73,75,77-79,81-82H,4-6,8-9,11-15,18,21-24,29-30,33,36-39,41,43-57,59-60,62-65H2,1-3H3,(H,76,83)/b10-7-,19-16-,20-17-,27-25-,28-26-,32-31-,35-34-,42-40-,61-58+. The van der Waals surface area contributed by atoms with Crippen molar-refractivity contribution in [1.82, 2.24) is 5.32 Å². The maximum absolute atomic E-state index is 13.5. The van der Waals surface area contributed by atoms with E-state index in [-0.39, 0.29) is 19.4 Å². The number of nitrogens with one attached hydrogen (secondary N) is 1. The molecule has 1 aliphatic heterocycles. The lowest BCUT2D eigenvalue weighted by Crippen LogP contribution is -2.61. The van der Waals surface area contributed by atoms with Gasteiger partial charge in [-0.25, -0.2) is 0 Å². The van der Waals surface area contributed by atoms with Gasteiger partial charge < -0.3 is 45.1 Å². The monoisotopic (exact) mass is 1200 g/mol. The van der Waals surface area contributed by atoms with Gasteiger partial charge >= 0.3 is 5.97 Å². The molecule has 1 heterocycles. The normalized spacial score (nSPS) is 19.0. The van der Waals surface area contributed by atoms with Crippen LogP contribution in [0.4, 0.5) is 0 Å². The van der Waals surface area contributed by atoms with E-state index in [9.17, 15) is 35.1 Å². The van der Waals surface area contributed by atoms with E-state index >= 15 is 0 Å². The third-order valence-electron chi connectivity index (χ3n) is 15.9. The van der Waals surface area contributed by atoms with Crippen molar-refractivity contribution in [1.29, 1.82) is 0 Å². The van der Waals surface area contributed by atoms with Crippen molar-refractivity contribution in [2.75, 3.05) is 13.2 Å². The highest BCUT2D eigenvalue weighted by atomic mass is 16.7. The Morgan fingerprint density at radius 1 is 0.465 bits per heavy atom. The summed E-state index contributed by atoms with van der Waals surface area (Å²) in [5.41, 5.74) is 0. The molecule has 0 bridgehead atoms. The van der Waals surface area contributed by atoms with E-state index in [0.717, 1.165) is 122 Å². The van der Waals surface area contributed by atoms with Gasteiger partial charge in [-0.1, -0.05) is 284 Å². The largest absolute Gasteiger partial charge is 0.454 e. The van der Waals surface area contributed by atoms with Crippen molar-refractivity contribution in [2.45, 2.75) is 339 Å². The molecule has 0 aromatic carbocycles. The Morgan fingerprint density at radius 3 is 1.28 bits per heavy atom. The predicted molar refractivity (Wildman–Crippen MR) is 361 cm³/mol. The minimum atomic E-state index is -1.62. The van der Waals surface area contributed by atoms with Gasteiger partial charge in [0.05, 0.1) is 25.4 Å². The number of hydrogen-bond acceptors (Lipinski definition) is 10. The minimum absolute atomic E-state index is 0.113. The van der Waals surface area contributed by atoms with Crippen LogP contribution >= 0.6 is 0 Å². The Morgan fingerprint density at radius 2 is 0.837 bits per heavy atom. The molecule has 1 saturated heterocycles. The van der Waals surface area contributed by atoms with Gasteiger partial charge in [0.25, 0.3) is 0 Å². The summed E-state index contributed by atoms with van der Waals surface area (Å²) in [6.45, 7) is 5.65. The number of aliphatic hydroxyl groups excluding tert-OH is 5. The van der Waals surface area contributed by atoms with Gasteiger partial charge in [0, 0.05) is 6.42 Å². The first-order chi connectivity index (χ1) is 42.2. The van der Waals surface area contributed by atoms with E-state index in [1.165, 1.54) is 122 Å². The summed E-state index contributed by atoms with van der Waals surface area (Å²) >= 11 is 0. The topological polar surface area (TPSA) is 175 Å². The number of esters is 1. The van der Waals surface area contributed by atoms with Crippen LogP contribution in [0.3, 0.4) is 0 Å². The number of rotatable bonds is 59. The Hall–Kier alpha value is -3.68. The lowest BCUT2D eigenvalue weighted by Gasteiger charge is -2.41. The lowest BCUT2D eigenvalue weighted by atomic mass is 9.99. The number of carbonyl (C=O) groups excluding carboxylic acids is 2. The molecular formula is C75H129NO10. The second kappa shape index (κ2) is 61.6. The molecule has 0 spiro atoms. The molecule has 0 aromatic heterocycles. The van der Waals surface area contributed by atoms with Crippen molar-refractivity contribution in [3.05, 3.63) is 109 Å². The van der Waals surface area contributed by atoms with E-state index in [1.54, 1.807) is 6.08 Å². The van der Waals surface area contributed by atoms with Crippen LogP contribution in [-0.2, 0) is 23.8 Å². The Balaban J connectivity index is 2.58. The molecule has 6 N–H and O–H groups in total. The molecule has 0 aromatic rings. The van der Waals surface area contributed by atoms with E-state index in [4.69, 9.17) is 14.2 Å². The van der Waals surface area contributed by atoms with Crippen LogP contribution < -0.4 is 5.32 Å². The first-order valence-electron chi connectivity index (χ1n) is 35.2. The quantitative estimate of drug-likeness (QED) is 0.0195. The zero-order valence-corrected chi connectivity index (χ0v) is 54.9. The van der Waals surface area contributed by atoms with Crippen LogP contribution in [0.2, 0.25) is 0 Å². The molecule has 8 unspecified atom stereocenters. The van der Waals surface area contributed by atoms with Crippen LogP contribution in [0, 0.1) is 0 Å². The summed E-state index contributed by atoms with van der Waals surface area (Å²) in [6, 6.07) is -1.04. The van der Waals surface area contributed by atoms with Gasteiger partial charge in [0.2, 0.25) is 5.91 Å². The van der Waals surface area contributed by atoms with Crippen molar-refractivity contribution < 1.29 is 49.3 Å². The molecule has 1 fully saturated rings.